The molecule has 0 heterocycles. The maximum absolute atomic E-state index is 6.14. The number of hydrogen-bond acceptors (Lipinski definition) is 9. The van der Waals surface area contributed by atoms with Crippen LogP contribution >= 0.6 is 0 Å². The molecule has 9 heteroatoms. The Hall–Kier alpha value is -0.360. The van der Waals surface area contributed by atoms with Crippen LogP contribution in [0, 0.1) is 40.9 Å². The van der Waals surface area contributed by atoms with Gasteiger partial charge < -0.3 is 42.6 Å². The second kappa shape index (κ2) is 28.3. The minimum Gasteiger partial charge on any atom is -0.379 e. The van der Waals surface area contributed by atoms with Crippen molar-refractivity contribution >= 4 is 0 Å². The van der Waals surface area contributed by atoms with E-state index in [1.54, 1.807) is 0 Å². The summed E-state index contributed by atoms with van der Waals surface area (Å²) in [6.07, 6.45) is -0.110. The smallest absolute Gasteiger partial charge is 0.0781 e. The van der Waals surface area contributed by atoms with Gasteiger partial charge in [0.25, 0.3) is 0 Å². The molecule has 0 amide bonds. The fourth-order valence-corrected chi connectivity index (χ4v) is 3.99. The van der Waals surface area contributed by atoms with Crippen LogP contribution in [0.2, 0.25) is 0 Å². The molecule has 0 aliphatic carbocycles. The van der Waals surface area contributed by atoms with Gasteiger partial charge in [0, 0.05) is 25.2 Å². The van der Waals surface area contributed by atoms with E-state index in [0.717, 1.165) is 19.8 Å². The minimum atomic E-state index is -0.346. The molecule has 0 fully saturated rings. The summed E-state index contributed by atoms with van der Waals surface area (Å²) in [5, 5.41) is 0. The lowest BCUT2D eigenvalue weighted by Crippen LogP contribution is -2.37. The first-order valence-corrected chi connectivity index (χ1v) is 18.5. The van der Waals surface area contributed by atoms with Crippen molar-refractivity contribution in [3.63, 3.8) is 0 Å². The van der Waals surface area contributed by atoms with Crippen molar-refractivity contribution in [1.29, 1.82) is 0 Å². The maximum atomic E-state index is 6.14. The highest BCUT2D eigenvalue weighted by Crippen LogP contribution is 2.20. The molecule has 0 aliphatic heterocycles. The zero-order valence-electron chi connectivity index (χ0n) is 33.0. The fraction of sp³-hybridized carbons (Fsp3) is 1.00. The Labute approximate surface area is 290 Å². The van der Waals surface area contributed by atoms with Crippen molar-refractivity contribution in [2.24, 2.45) is 40.9 Å². The molecule has 9 nitrogen and oxygen atoms in total. The van der Waals surface area contributed by atoms with Gasteiger partial charge in [0.2, 0.25) is 0 Å². The molecule has 6 unspecified atom stereocenters. The maximum Gasteiger partial charge on any atom is 0.0781 e. The second-order valence-corrected chi connectivity index (χ2v) is 15.3. The van der Waals surface area contributed by atoms with Crippen LogP contribution in [0.3, 0.4) is 0 Å². The summed E-state index contributed by atoms with van der Waals surface area (Å²) in [6, 6.07) is 0. The predicted molar refractivity (Wildman–Crippen MR) is 191 cm³/mol. The van der Waals surface area contributed by atoms with Crippen molar-refractivity contribution in [2.75, 3.05) is 99.1 Å². The summed E-state index contributed by atoms with van der Waals surface area (Å²) < 4.78 is 53.5. The average Bonchev–Trinajstić information content (AvgIpc) is 2.99. The molecule has 0 spiro atoms. The van der Waals surface area contributed by atoms with Crippen molar-refractivity contribution < 1.29 is 42.6 Å². The Bertz CT molecular complexity index is 602. The van der Waals surface area contributed by atoms with Gasteiger partial charge in [-0.25, -0.2) is 0 Å². The van der Waals surface area contributed by atoms with E-state index < -0.39 is 0 Å². The lowest BCUT2D eigenvalue weighted by atomic mass is 9.94. The fourth-order valence-electron chi connectivity index (χ4n) is 3.99. The quantitative estimate of drug-likeness (QED) is 0.0671. The van der Waals surface area contributed by atoms with Gasteiger partial charge in [-0.15, -0.1) is 0 Å². The second-order valence-electron chi connectivity index (χ2n) is 15.3. The summed E-state index contributed by atoms with van der Waals surface area (Å²) in [6.45, 7) is 36.8. The van der Waals surface area contributed by atoms with Gasteiger partial charge in [-0.3, -0.25) is 0 Å². The van der Waals surface area contributed by atoms with E-state index in [2.05, 4.69) is 69.2 Å². The highest BCUT2D eigenvalue weighted by Gasteiger charge is 2.27. The van der Waals surface area contributed by atoms with Gasteiger partial charge in [-0.2, -0.15) is 0 Å². The summed E-state index contributed by atoms with van der Waals surface area (Å²) in [5.74, 6) is 3.46. The van der Waals surface area contributed by atoms with Crippen LogP contribution in [0.4, 0.5) is 0 Å². The molecule has 47 heavy (non-hydrogen) atoms. The van der Waals surface area contributed by atoms with Crippen LogP contribution in [0.5, 0.6) is 0 Å². The summed E-state index contributed by atoms with van der Waals surface area (Å²) in [4.78, 5) is 0. The van der Waals surface area contributed by atoms with Gasteiger partial charge in [0.15, 0.2) is 0 Å². The topological polar surface area (TPSA) is 83.1 Å². The predicted octanol–water partition coefficient (Wildman–Crippen LogP) is 7.18. The molecule has 6 atom stereocenters. The van der Waals surface area contributed by atoms with E-state index in [4.69, 9.17) is 42.6 Å². The minimum absolute atomic E-state index is 0.0365. The molecule has 0 aromatic carbocycles. The van der Waals surface area contributed by atoms with Gasteiger partial charge in [0.1, 0.15) is 0 Å². The molecule has 0 aromatic heterocycles. The third kappa shape index (κ3) is 27.1. The molecule has 0 aliphatic rings. The molecule has 0 aromatic rings. The molecule has 0 N–H and O–H groups in total. The van der Waals surface area contributed by atoms with Gasteiger partial charge in [-0.05, 0) is 56.3 Å². The number of hydrogen-bond donors (Lipinski definition) is 0. The molecule has 0 saturated heterocycles. The first kappa shape index (κ1) is 46.6. The largest absolute Gasteiger partial charge is 0.379 e. The Kier molecular flexibility index (Phi) is 28.1. The lowest BCUT2D eigenvalue weighted by Gasteiger charge is -2.30. The van der Waals surface area contributed by atoms with Crippen LogP contribution in [-0.2, 0) is 42.6 Å². The lowest BCUT2D eigenvalue weighted by molar-refractivity contribution is -0.107. The first-order valence-electron chi connectivity index (χ1n) is 18.5. The van der Waals surface area contributed by atoms with E-state index >= 15 is 0 Å². The van der Waals surface area contributed by atoms with Crippen molar-refractivity contribution in [2.45, 2.75) is 108 Å². The van der Waals surface area contributed by atoms with Crippen LogP contribution in [-0.4, -0.2) is 117 Å². The zero-order chi connectivity index (χ0) is 35.7. The highest BCUT2D eigenvalue weighted by molar-refractivity contribution is 4.74. The zero-order valence-corrected chi connectivity index (χ0v) is 33.0. The third-order valence-corrected chi connectivity index (χ3v) is 8.86. The normalized spacial score (nSPS) is 17.6. The molecule has 0 saturated carbocycles. The molecular weight excluding hydrogens is 600 g/mol. The van der Waals surface area contributed by atoms with E-state index in [-0.39, 0.29) is 23.7 Å². The van der Waals surface area contributed by atoms with Gasteiger partial charge in [0.05, 0.1) is 97.6 Å². The third-order valence-electron chi connectivity index (χ3n) is 8.86. The Morgan fingerprint density at radius 2 is 0.596 bits per heavy atom. The Morgan fingerprint density at radius 3 is 0.830 bits per heavy atom. The Morgan fingerprint density at radius 1 is 0.340 bits per heavy atom. The van der Waals surface area contributed by atoms with Gasteiger partial charge >= 0.3 is 0 Å². The molecule has 284 valence electrons. The SMILES string of the molecule is CC(COCC(C)(COCC(C)OCCOCC(C)C(C)C)COCC(C)OCCOCC(C)C(C)C)OCCOCC(C)C(C)C. The van der Waals surface area contributed by atoms with Crippen LogP contribution in [0.1, 0.15) is 90.0 Å². The summed E-state index contributed by atoms with van der Waals surface area (Å²) in [5.41, 5.74) is -0.346. The van der Waals surface area contributed by atoms with E-state index in [0.29, 0.717) is 115 Å². The van der Waals surface area contributed by atoms with E-state index in [1.165, 1.54) is 0 Å². The summed E-state index contributed by atoms with van der Waals surface area (Å²) in [7, 11) is 0. The van der Waals surface area contributed by atoms with Crippen LogP contribution < -0.4 is 0 Å². The number of ether oxygens (including phenoxy) is 9. The van der Waals surface area contributed by atoms with Crippen molar-refractivity contribution in [3.8, 4) is 0 Å². The van der Waals surface area contributed by atoms with E-state index in [9.17, 15) is 0 Å². The number of rotatable bonds is 33. The molecule has 0 rings (SSSR count). The molecule has 0 bridgehead atoms. The van der Waals surface area contributed by atoms with Gasteiger partial charge in [-0.1, -0.05) is 69.2 Å². The molecular formula is C38H78O9. The monoisotopic (exact) mass is 679 g/mol. The van der Waals surface area contributed by atoms with Crippen LogP contribution in [0.15, 0.2) is 0 Å². The average molecular weight is 679 g/mol. The van der Waals surface area contributed by atoms with Crippen LogP contribution in [0.25, 0.3) is 0 Å². The van der Waals surface area contributed by atoms with Crippen molar-refractivity contribution in [1.82, 2.24) is 0 Å². The summed E-state index contributed by atoms with van der Waals surface area (Å²) >= 11 is 0. The standard InChI is InChI=1S/C38H78O9/c1-29(2)32(7)20-39-14-17-45-35(10)23-42-26-38(13,27-43-24-36(11)46-18-15-40-21-33(8)30(3)4)28-44-25-37(12)47-19-16-41-22-34(9)31(5)6/h29-37H,14-28H2,1-13H3. The van der Waals surface area contributed by atoms with E-state index in [1.807, 2.05) is 20.8 Å². The van der Waals surface area contributed by atoms with Crippen molar-refractivity contribution in [3.05, 3.63) is 0 Å². The first-order chi connectivity index (χ1) is 22.2. The highest BCUT2D eigenvalue weighted by atomic mass is 16.6. The Balaban J connectivity index is 4.61. The molecule has 0 radical (unpaired) electrons.